The van der Waals surface area contributed by atoms with Crippen LogP contribution in [0.1, 0.15) is 30.1 Å². The second-order valence-electron chi connectivity index (χ2n) is 5.01. The van der Waals surface area contributed by atoms with E-state index in [0.717, 1.165) is 24.1 Å². The standard InChI is InChI=1S/C14H18BrClN2O/c1-10(9-18-6-2-3-7-18)17-14(19)12-5-4-11(16)8-13(12)15/h4-5,8,10H,2-3,6-7,9H2,1H3,(H,17,19). The van der Waals surface area contributed by atoms with Crippen molar-refractivity contribution in [1.82, 2.24) is 10.2 Å². The summed E-state index contributed by atoms with van der Waals surface area (Å²) in [4.78, 5) is 14.5. The van der Waals surface area contributed by atoms with Gasteiger partial charge in [-0.15, -0.1) is 0 Å². The first kappa shape index (κ1) is 14.8. The van der Waals surface area contributed by atoms with E-state index in [-0.39, 0.29) is 11.9 Å². The predicted octanol–water partition coefficient (Wildman–Crippen LogP) is 3.32. The smallest absolute Gasteiger partial charge is 0.252 e. The van der Waals surface area contributed by atoms with Crippen LogP contribution in [0.5, 0.6) is 0 Å². The molecule has 5 heteroatoms. The van der Waals surface area contributed by atoms with Crippen molar-refractivity contribution in [2.24, 2.45) is 0 Å². The lowest BCUT2D eigenvalue weighted by atomic mass is 10.2. The molecule has 0 aliphatic carbocycles. The first-order valence-electron chi connectivity index (χ1n) is 6.54. The van der Waals surface area contributed by atoms with E-state index < -0.39 is 0 Å². The van der Waals surface area contributed by atoms with E-state index >= 15 is 0 Å². The average Bonchev–Trinajstić information content (AvgIpc) is 2.81. The molecule has 1 aliphatic heterocycles. The molecule has 1 N–H and O–H groups in total. The van der Waals surface area contributed by atoms with Crippen molar-refractivity contribution in [2.75, 3.05) is 19.6 Å². The topological polar surface area (TPSA) is 32.3 Å². The number of nitrogens with zero attached hydrogens (tertiary/aromatic N) is 1. The highest BCUT2D eigenvalue weighted by atomic mass is 79.9. The normalized spacial score (nSPS) is 17.4. The molecule has 1 unspecified atom stereocenters. The summed E-state index contributed by atoms with van der Waals surface area (Å²) >= 11 is 9.24. The molecule has 1 amide bonds. The molecule has 1 atom stereocenters. The molecule has 0 radical (unpaired) electrons. The van der Waals surface area contributed by atoms with Crippen LogP contribution in [0.3, 0.4) is 0 Å². The van der Waals surface area contributed by atoms with Crippen molar-refractivity contribution >= 4 is 33.4 Å². The number of carbonyl (C=O) groups excluding carboxylic acids is 1. The van der Waals surface area contributed by atoms with E-state index in [1.54, 1.807) is 18.2 Å². The largest absolute Gasteiger partial charge is 0.348 e. The molecule has 104 valence electrons. The summed E-state index contributed by atoms with van der Waals surface area (Å²) in [5.74, 6) is -0.0600. The van der Waals surface area contributed by atoms with Crippen LogP contribution in [0.15, 0.2) is 22.7 Å². The Morgan fingerprint density at radius 1 is 1.47 bits per heavy atom. The van der Waals surface area contributed by atoms with E-state index in [1.807, 2.05) is 6.92 Å². The second kappa shape index (κ2) is 6.73. The van der Waals surface area contributed by atoms with Gasteiger partial charge in [0.1, 0.15) is 0 Å². The molecule has 1 fully saturated rings. The highest BCUT2D eigenvalue weighted by Gasteiger charge is 2.17. The lowest BCUT2D eigenvalue weighted by Crippen LogP contribution is -2.41. The third kappa shape index (κ3) is 4.20. The Morgan fingerprint density at radius 2 is 2.16 bits per heavy atom. The molecule has 19 heavy (non-hydrogen) atoms. The van der Waals surface area contributed by atoms with Crippen molar-refractivity contribution < 1.29 is 4.79 Å². The summed E-state index contributed by atoms with van der Waals surface area (Å²) in [5, 5.41) is 3.65. The first-order valence-corrected chi connectivity index (χ1v) is 7.71. The predicted molar refractivity (Wildman–Crippen MR) is 81.8 cm³/mol. The van der Waals surface area contributed by atoms with E-state index in [4.69, 9.17) is 11.6 Å². The molecular weight excluding hydrogens is 328 g/mol. The van der Waals surface area contributed by atoms with Gasteiger partial charge in [0.25, 0.3) is 5.91 Å². The SMILES string of the molecule is CC(CN1CCCC1)NC(=O)c1ccc(Cl)cc1Br. The van der Waals surface area contributed by atoms with E-state index in [9.17, 15) is 4.79 Å². The zero-order chi connectivity index (χ0) is 13.8. The van der Waals surface area contributed by atoms with Crippen molar-refractivity contribution in [2.45, 2.75) is 25.8 Å². The molecule has 1 saturated heterocycles. The summed E-state index contributed by atoms with van der Waals surface area (Å²) in [6.07, 6.45) is 2.53. The highest BCUT2D eigenvalue weighted by molar-refractivity contribution is 9.10. The molecule has 0 bridgehead atoms. The van der Waals surface area contributed by atoms with Crippen molar-refractivity contribution in [3.8, 4) is 0 Å². The van der Waals surface area contributed by atoms with Gasteiger partial charge in [0.15, 0.2) is 0 Å². The monoisotopic (exact) mass is 344 g/mol. The zero-order valence-electron chi connectivity index (χ0n) is 11.0. The van der Waals surface area contributed by atoms with Crippen LogP contribution in [0.2, 0.25) is 5.02 Å². The fourth-order valence-electron chi connectivity index (χ4n) is 2.37. The first-order chi connectivity index (χ1) is 9.06. The van der Waals surface area contributed by atoms with Crippen LogP contribution >= 0.6 is 27.5 Å². The number of hydrogen-bond donors (Lipinski definition) is 1. The van der Waals surface area contributed by atoms with Crippen LogP contribution < -0.4 is 5.32 Å². The molecule has 2 rings (SSSR count). The Hall–Kier alpha value is -0.580. The average molecular weight is 346 g/mol. The Kier molecular flexibility index (Phi) is 5.25. The van der Waals surface area contributed by atoms with Crippen LogP contribution in [0.4, 0.5) is 0 Å². The Labute approximate surface area is 127 Å². The third-order valence-electron chi connectivity index (χ3n) is 3.28. The maximum absolute atomic E-state index is 12.2. The number of hydrogen-bond acceptors (Lipinski definition) is 2. The fraction of sp³-hybridized carbons (Fsp3) is 0.500. The van der Waals surface area contributed by atoms with Gasteiger partial charge in [0.2, 0.25) is 0 Å². The summed E-state index contributed by atoms with van der Waals surface area (Å²) in [6.45, 7) is 5.24. The van der Waals surface area contributed by atoms with Crippen LogP contribution in [-0.4, -0.2) is 36.5 Å². The molecule has 0 spiro atoms. The Morgan fingerprint density at radius 3 is 2.79 bits per heavy atom. The Bertz CT molecular complexity index is 461. The summed E-state index contributed by atoms with van der Waals surface area (Å²) in [5.41, 5.74) is 0.623. The Balaban J connectivity index is 1.92. The van der Waals surface area contributed by atoms with Crippen molar-refractivity contribution in [3.63, 3.8) is 0 Å². The van der Waals surface area contributed by atoms with E-state index in [2.05, 4.69) is 26.1 Å². The minimum atomic E-state index is -0.0600. The van der Waals surface area contributed by atoms with Gasteiger partial charge in [0, 0.05) is 22.1 Å². The number of carbonyl (C=O) groups is 1. The lowest BCUT2D eigenvalue weighted by molar-refractivity contribution is 0.0931. The molecule has 0 aromatic heterocycles. The summed E-state index contributed by atoms with van der Waals surface area (Å²) in [6, 6.07) is 5.35. The lowest BCUT2D eigenvalue weighted by Gasteiger charge is -2.21. The van der Waals surface area contributed by atoms with Crippen molar-refractivity contribution in [3.05, 3.63) is 33.3 Å². The zero-order valence-corrected chi connectivity index (χ0v) is 13.3. The maximum Gasteiger partial charge on any atom is 0.252 e. The van der Waals surface area contributed by atoms with Crippen LogP contribution in [0.25, 0.3) is 0 Å². The quantitative estimate of drug-likeness (QED) is 0.908. The fourth-order valence-corrected chi connectivity index (χ4v) is 3.24. The number of rotatable bonds is 4. The maximum atomic E-state index is 12.2. The van der Waals surface area contributed by atoms with Gasteiger partial charge in [-0.1, -0.05) is 11.6 Å². The number of amides is 1. The van der Waals surface area contributed by atoms with E-state index in [1.165, 1.54) is 12.8 Å². The van der Waals surface area contributed by atoms with Crippen LogP contribution in [0, 0.1) is 0 Å². The van der Waals surface area contributed by atoms with Gasteiger partial charge < -0.3 is 10.2 Å². The number of likely N-dealkylation sites (tertiary alicyclic amines) is 1. The minimum absolute atomic E-state index is 0.0600. The van der Waals surface area contributed by atoms with Crippen LogP contribution in [-0.2, 0) is 0 Å². The molecule has 3 nitrogen and oxygen atoms in total. The molecule has 1 aromatic carbocycles. The van der Waals surface area contributed by atoms with Gasteiger partial charge >= 0.3 is 0 Å². The van der Waals surface area contributed by atoms with Gasteiger partial charge in [-0.05, 0) is 67.0 Å². The number of halogens is 2. The summed E-state index contributed by atoms with van der Waals surface area (Å²) < 4.78 is 0.728. The van der Waals surface area contributed by atoms with Gasteiger partial charge in [-0.3, -0.25) is 4.79 Å². The number of benzene rings is 1. The highest BCUT2D eigenvalue weighted by Crippen LogP contribution is 2.21. The number of nitrogens with one attached hydrogen (secondary N) is 1. The van der Waals surface area contributed by atoms with Gasteiger partial charge in [-0.2, -0.15) is 0 Å². The van der Waals surface area contributed by atoms with Gasteiger partial charge in [-0.25, -0.2) is 0 Å². The van der Waals surface area contributed by atoms with Gasteiger partial charge in [0.05, 0.1) is 5.56 Å². The van der Waals surface area contributed by atoms with E-state index in [0.29, 0.717) is 10.6 Å². The van der Waals surface area contributed by atoms with Crippen molar-refractivity contribution in [1.29, 1.82) is 0 Å². The summed E-state index contributed by atoms with van der Waals surface area (Å²) in [7, 11) is 0. The molecular formula is C14H18BrClN2O. The molecule has 1 aromatic rings. The molecule has 1 aliphatic rings. The molecule has 0 saturated carbocycles. The minimum Gasteiger partial charge on any atom is -0.348 e. The molecule has 1 heterocycles. The second-order valence-corrected chi connectivity index (χ2v) is 6.30. The third-order valence-corrected chi connectivity index (χ3v) is 4.18.